The molecule has 3 nitrogen and oxygen atoms in total. The highest BCUT2D eigenvalue weighted by Crippen LogP contribution is 2.48. The zero-order chi connectivity index (χ0) is 13.7. The minimum atomic E-state index is -1.90. The Balaban J connectivity index is 2.72. The number of ether oxygens (including phenoxy) is 1. The van der Waals surface area contributed by atoms with Crippen molar-refractivity contribution in [1.82, 2.24) is 0 Å². The minimum Gasteiger partial charge on any atom is -0.465 e. The third-order valence-electron chi connectivity index (χ3n) is 2.84. The molecule has 1 fully saturated rings. The molecule has 0 radical (unpaired) electrons. The Morgan fingerprint density at radius 1 is 1.11 bits per heavy atom. The molecule has 7 heteroatoms. The maximum atomic E-state index is 13.6. The van der Waals surface area contributed by atoms with Crippen LogP contribution < -0.4 is 0 Å². The molecule has 18 heavy (non-hydrogen) atoms. The van der Waals surface area contributed by atoms with Crippen LogP contribution in [0.1, 0.15) is 28.8 Å². The standard InChI is InChI=1S/C11H8F4O3/c1-18-10(16)4-6(12)8(14)5(9(15)7(4)13)11(17)2-3-11/h17H,2-3H2,1H3. The monoisotopic (exact) mass is 264 g/mol. The molecular weight excluding hydrogens is 256 g/mol. The Labute approximate surface area is 99.0 Å². The van der Waals surface area contributed by atoms with Gasteiger partial charge < -0.3 is 9.84 Å². The second-order valence-corrected chi connectivity index (χ2v) is 4.03. The second kappa shape index (κ2) is 3.94. The maximum Gasteiger partial charge on any atom is 0.344 e. The Kier molecular flexibility index (Phi) is 2.81. The van der Waals surface area contributed by atoms with Crippen molar-refractivity contribution in [2.45, 2.75) is 18.4 Å². The van der Waals surface area contributed by atoms with E-state index in [2.05, 4.69) is 4.74 Å². The van der Waals surface area contributed by atoms with E-state index in [0.717, 1.165) is 7.11 Å². The molecule has 1 aliphatic rings. The molecule has 1 aromatic carbocycles. The van der Waals surface area contributed by atoms with Gasteiger partial charge in [-0.25, -0.2) is 22.4 Å². The Hall–Kier alpha value is -1.63. The van der Waals surface area contributed by atoms with Gasteiger partial charge in [0.2, 0.25) is 0 Å². The quantitative estimate of drug-likeness (QED) is 0.505. The van der Waals surface area contributed by atoms with Crippen molar-refractivity contribution < 1.29 is 32.2 Å². The first-order chi connectivity index (χ1) is 8.33. The lowest BCUT2D eigenvalue weighted by atomic mass is 10.0. The summed E-state index contributed by atoms with van der Waals surface area (Å²) in [4.78, 5) is 11.0. The summed E-state index contributed by atoms with van der Waals surface area (Å²) in [5, 5.41) is 9.57. The smallest absolute Gasteiger partial charge is 0.344 e. The normalized spacial score (nSPS) is 16.6. The van der Waals surface area contributed by atoms with E-state index in [1.54, 1.807) is 0 Å². The number of aliphatic hydroxyl groups is 1. The molecule has 0 heterocycles. The summed E-state index contributed by atoms with van der Waals surface area (Å²) >= 11 is 0. The predicted octanol–water partition coefficient (Wildman–Crippen LogP) is 2.01. The van der Waals surface area contributed by atoms with Gasteiger partial charge in [0.1, 0.15) is 5.56 Å². The molecule has 1 N–H and O–H groups in total. The molecule has 98 valence electrons. The number of hydrogen-bond donors (Lipinski definition) is 1. The molecular formula is C11H8F4O3. The molecule has 0 aliphatic heterocycles. The van der Waals surface area contributed by atoms with Crippen molar-refractivity contribution in [1.29, 1.82) is 0 Å². The molecule has 1 aliphatic carbocycles. The van der Waals surface area contributed by atoms with Gasteiger partial charge in [0.15, 0.2) is 23.3 Å². The number of hydrogen-bond acceptors (Lipinski definition) is 3. The average molecular weight is 264 g/mol. The third kappa shape index (κ3) is 1.66. The lowest BCUT2D eigenvalue weighted by molar-refractivity contribution is 0.0584. The van der Waals surface area contributed by atoms with Crippen molar-refractivity contribution in [3.05, 3.63) is 34.4 Å². The number of rotatable bonds is 2. The van der Waals surface area contributed by atoms with Crippen LogP contribution in [0, 0.1) is 23.3 Å². The predicted molar refractivity (Wildman–Crippen MR) is 50.7 cm³/mol. The van der Waals surface area contributed by atoms with Gasteiger partial charge in [-0.3, -0.25) is 0 Å². The molecule has 1 aromatic rings. The SMILES string of the molecule is COC(=O)c1c(F)c(F)c(C2(O)CC2)c(F)c1F. The Bertz CT molecular complexity index is 509. The fraction of sp³-hybridized carbons (Fsp3) is 0.364. The van der Waals surface area contributed by atoms with Crippen LogP contribution in [0.15, 0.2) is 0 Å². The molecule has 0 bridgehead atoms. The van der Waals surface area contributed by atoms with E-state index in [9.17, 15) is 27.5 Å². The van der Waals surface area contributed by atoms with Crippen molar-refractivity contribution in [3.63, 3.8) is 0 Å². The van der Waals surface area contributed by atoms with E-state index in [1.165, 1.54) is 0 Å². The van der Waals surface area contributed by atoms with Gasteiger partial charge in [-0.1, -0.05) is 0 Å². The summed E-state index contributed by atoms with van der Waals surface area (Å²) in [6, 6.07) is 0. The second-order valence-electron chi connectivity index (χ2n) is 4.03. The molecule has 0 aromatic heterocycles. The lowest BCUT2D eigenvalue weighted by Gasteiger charge is -2.14. The van der Waals surface area contributed by atoms with E-state index in [0.29, 0.717) is 0 Å². The number of carbonyl (C=O) groups is 1. The third-order valence-corrected chi connectivity index (χ3v) is 2.84. The van der Waals surface area contributed by atoms with Crippen molar-refractivity contribution in [2.24, 2.45) is 0 Å². The van der Waals surface area contributed by atoms with Gasteiger partial charge in [-0.15, -0.1) is 0 Å². The summed E-state index contributed by atoms with van der Waals surface area (Å²) in [5.74, 6) is -8.80. The van der Waals surface area contributed by atoms with Gasteiger partial charge in [0, 0.05) is 0 Å². The average Bonchev–Trinajstić information content (AvgIpc) is 3.05. The molecule has 0 saturated heterocycles. The highest BCUT2D eigenvalue weighted by Gasteiger charge is 2.49. The maximum absolute atomic E-state index is 13.6. The lowest BCUT2D eigenvalue weighted by Crippen LogP contribution is -2.19. The zero-order valence-electron chi connectivity index (χ0n) is 9.19. The van der Waals surface area contributed by atoms with Crippen molar-refractivity contribution in [3.8, 4) is 0 Å². The number of carbonyl (C=O) groups excluding carboxylic acids is 1. The Morgan fingerprint density at radius 3 is 1.89 bits per heavy atom. The van der Waals surface area contributed by atoms with Gasteiger partial charge in [-0.2, -0.15) is 0 Å². The van der Waals surface area contributed by atoms with Crippen LogP contribution >= 0.6 is 0 Å². The first kappa shape index (κ1) is 12.8. The highest BCUT2D eigenvalue weighted by molar-refractivity contribution is 5.90. The Morgan fingerprint density at radius 2 is 1.56 bits per heavy atom. The van der Waals surface area contributed by atoms with E-state index in [1.807, 2.05) is 0 Å². The highest BCUT2D eigenvalue weighted by atomic mass is 19.2. The summed E-state index contributed by atoms with van der Waals surface area (Å²) in [7, 11) is 0.819. The van der Waals surface area contributed by atoms with Crippen LogP contribution in [0.4, 0.5) is 17.6 Å². The van der Waals surface area contributed by atoms with Crippen molar-refractivity contribution >= 4 is 5.97 Å². The molecule has 1 saturated carbocycles. The van der Waals surface area contributed by atoms with Crippen LogP contribution in [0.2, 0.25) is 0 Å². The summed E-state index contributed by atoms with van der Waals surface area (Å²) in [6.45, 7) is 0. The summed E-state index contributed by atoms with van der Waals surface area (Å²) < 4.78 is 58.2. The molecule has 2 rings (SSSR count). The van der Waals surface area contributed by atoms with Gasteiger partial charge >= 0.3 is 5.97 Å². The van der Waals surface area contributed by atoms with Gasteiger partial charge in [-0.05, 0) is 12.8 Å². The largest absolute Gasteiger partial charge is 0.465 e. The van der Waals surface area contributed by atoms with Crippen LogP contribution in [-0.2, 0) is 10.3 Å². The molecule has 0 spiro atoms. The molecule has 0 atom stereocenters. The first-order valence-corrected chi connectivity index (χ1v) is 5.00. The van der Waals surface area contributed by atoms with Gasteiger partial charge in [0.25, 0.3) is 0 Å². The molecule has 0 unspecified atom stereocenters. The number of methoxy groups -OCH3 is 1. The zero-order valence-corrected chi connectivity index (χ0v) is 9.19. The number of benzene rings is 1. The van der Waals surface area contributed by atoms with E-state index < -0.39 is 46.0 Å². The summed E-state index contributed by atoms with van der Waals surface area (Å²) in [6.07, 6.45) is -0.00538. The fourth-order valence-corrected chi connectivity index (χ4v) is 1.69. The minimum absolute atomic E-state index is 0.00269. The fourth-order valence-electron chi connectivity index (χ4n) is 1.69. The first-order valence-electron chi connectivity index (χ1n) is 5.00. The van der Waals surface area contributed by atoms with Crippen molar-refractivity contribution in [2.75, 3.05) is 7.11 Å². The van der Waals surface area contributed by atoms with Crippen LogP contribution in [0.3, 0.4) is 0 Å². The van der Waals surface area contributed by atoms with E-state index in [4.69, 9.17) is 0 Å². The molecule has 0 amide bonds. The number of esters is 1. The topological polar surface area (TPSA) is 46.5 Å². The summed E-state index contributed by atoms with van der Waals surface area (Å²) in [5.41, 5.74) is -4.42. The van der Waals surface area contributed by atoms with E-state index in [-0.39, 0.29) is 12.8 Å². The van der Waals surface area contributed by atoms with E-state index >= 15 is 0 Å². The van der Waals surface area contributed by atoms with Gasteiger partial charge in [0.05, 0.1) is 18.3 Å². The van der Waals surface area contributed by atoms with Crippen LogP contribution in [0.5, 0.6) is 0 Å². The number of halogens is 4. The van der Waals surface area contributed by atoms with Crippen LogP contribution in [-0.4, -0.2) is 18.2 Å². The van der Waals surface area contributed by atoms with Crippen LogP contribution in [0.25, 0.3) is 0 Å².